The molecule has 4 rings (SSSR count). The van der Waals surface area contributed by atoms with E-state index < -0.39 is 0 Å². The number of hydrogen-bond donors (Lipinski definition) is 1. The number of aromatic amines is 1. The molecule has 0 unspecified atom stereocenters. The minimum Gasteiger partial charge on any atom is -0.378 e. The van der Waals surface area contributed by atoms with Gasteiger partial charge in [-0.25, -0.2) is 0 Å². The predicted octanol–water partition coefficient (Wildman–Crippen LogP) is 3.79. The summed E-state index contributed by atoms with van der Waals surface area (Å²) in [5, 5.41) is 1.36. The normalized spacial score (nSPS) is 14.6. The lowest BCUT2D eigenvalue weighted by molar-refractivity contribution is 0.122. The van der Waals surface area contributed by atoms with Gasteiger partial charge in [-0.3, -0.25) is 9.36 Å². The van der Waals surface area contributed by atoms with Gasteiger partial charge >= 0.3 is 0 Å². The van der Waals surface area contributed by atoms with Crippen molar-refractivity contribution in [3.63, 3.8) is 0 Å². The highest BCUT2D eigenvalue weighted by Gasteiger charge is 2.13. The quantitative estimate of drug-likeness (QED) is 0.676. The fourth-order valence-electron chi connectivity index (χ4n) is 3.35. The van der Waals surface area contributed by atoms with Crippen molar-refractivity contribution in [3.8, 4) is 0 Å². The number of H-pyrrole nitrogens is 1. The van der Waals surface area contributed by atoms with E-state index in [1.165, 1.54) is 0 Å². The molecule has 2 heterocycles. The number of benzene rings is 2. The standard InChI is InChI=1S/C20H20ClN3O2S/c21-15-3-1-14(2-4-15)7-8-24-19(25)17-13-16(23-9-11-26-12-10-23)5-6-18(17)22-20(24)27/h1-6,13H,7-12H2,(H,22,27). The van der Waals surface area contributed by atoms with Gasteiger partial charge in [0.05, 0.1) is 24.1 Å². The number of nitrogens with one attached hydrogen (secondary N) is 1. The number of ether oxygens (including phenoxy) is 1. The summed E-state index contributed by atoms with van der Waals surface area (Å²) in [6, 6.07) is 13.6. The molecular weight excluding hydrogens is 382 g/mol. The minimum atomic E-state index is -0.0576. The summed E-state index contributed by atoms with van der Waals surface area (Å²) in [5.41, 5.74) is 2.86. The highest BCUT2D eigenvalue weighted by atomic mass is 35.5. The average Bonchev–Trinajstić information content (AvgIpc) is 2.70. The molecule has 3 aromatic rings. The molecule has 140 valence electrons. The topological polar surface area (TPSA) is 50.3 Å². The second kappa shape index (κ2) is 7.84. The number of hydrogen-bond acceptors (Lipinski definition) is 4. The first kappa shape index (κ1) is 18.2. The number of halogens is 1. The van der Waals surface area contributed by atoms with Crippen LogP contribution in [0.15, 0.2) is 47.3 Å². The number of rotatable bonds is 4. The molecule has 0 amide bonds. The SMILES string of the molecule is O=c1c2cc(N3CCOCC3)ccc2[nH]c(=S)n1CCc1ccc(Cl)cc1. The Bertz CT molecular complexity index is 1070. The first-order valence-corrected chi connectivity index (χ1v) is 9.74. The van der Waals surface area contributed by atoms with E-state index in [9.17, 15) is 4.79 Å². The Balaban J connectivity index is 1.66. The van der Waals surface area contributed by atoms with Gasteiger partial charge in [-0.1, -0.05) is 23.7 Å². The summed E-state index contributed by atoms with van der Waals surface area (Å²) in [5.74, 6) is 0. The van der Waals surface area contributed by atoms with Crippen LogP contribution in [-0.2, 0) is 17.7 Å². The fourth-order valence-corrected chi connectivity index (χ4v) is 3.76. The average molecular weight is 402 g/mol. The molecule has 0 radical (unpaired) electrons. The summed E-state index contributed by atoms with van der Waals surface area (Å²) in [6.07, 6.45) is 0.712. The van der Waals surface area contributed by atoms with E-state index in [4.69, 9.17) is 28.6 Å². The molecule has 1 aliphatic rings. The molecule has 27 heavy (non-hydrogen) atoms. The molecule has 0 atom stereocenters. The van der Waals surface area contributed by atoms with Crippen LogP contribution in [0, 0.1) is 4.77 Å². The molecule has 7 heteroatoms. The van der Waals surface area contributed by atoms with E-state index in [2.05, 4.69) is 9.88 Å². The molecule has 0 aliphatic carbocycles. The maximum Gasteiger partial charge on any atom is 0.262 e. The highest BCUT2D eigenvalue weighted by molar-refractivity contribution is 7.71. The van der Waals surface area contributed by atoms with E-state index in [0.29, 0.717) is 41.4 Å². The predicted molar refractivity (Wildman–Crippen MR) is 112 cm³/mol. The lowest BCUT2D eigenvalue weighted by Gasteiger charge is -2.29. The molecule has 1 fully saturated rings. The van der Waals surface area contributed by atoms with Crippen LogP contribution in [-0.4, -0.2) is 35.9 Å². The van der Waals surface area contributed by atoms with E-state index in [-0.39, 0.29) is 5.56 Å². The Morgan fingerprint density at radius 3 is 2.59 bits per heavy atom. The zero-order chi connectivity index (χ0) is 18.8. The first-order chi connectivity index (χ1) is 13.1. The molecule has 2 aromatic carbocycles. The number of aromatic nitrogens is 2. The van der Waals surface area contributed by atoms with Crippen molar-refractivity contribution in [2.24, 2.45) is 0 Å². The van der Waals surface area contributed by atoms with Gasteiger partial charge in [-0.15, -0.1) is 0 Å². The third-order valence-electron chi connectivity index (χ3n) is 4.88. The lowest BCUT2D eigenvalue weighted by Crippen LogP contribution is -2.36. The zero-order valence-corrected chi connectivity index (χ0v) is 16.4. The second-order valence-corrected chi connectivity index (χ2v) is 7.42. The smallest absolute Gasteiger partial charge is 0.262 e. The molecule has 0 spiro atoms. The highest BCUT2D eigenvalue weighted by Crippen LogP contribution is 2.20. The van der Waals surface area contributed by atoms with Crippen LogP contribution in [0.3, 0.4) is 0 Å². The molecule has 1 aliphatic heterocycles. The first-order valence-electron chi connectivity index (χ1n) is 8.96. The van der Waals surface area contributed by atoms with Crippen LogP contribution in [0.25, 0.3) is 10.9 Å². The summed E-state index contributed by atoms with van der Waals surface area (Å²) in [7, 11) is 0. The van der Waals surface area contributed by atoms with Crippen LogP contribution in [0.5, 0.6) is 0 Å². The van der Waals surface area contributed by atoms with Crippen molar-refractivity contribution >= 4 is 40.4 Å². The van der Waals surface area contributed by atoms with E-state index in [1.807, 2.05) is 42.5 Å². The van der Waals surface area contributed by atoms with E-state index >= 15 is 0 Å². The molecule has 0 saturated carbocycles. The summed E-state index contributed by atoms with van der Waals surface area (Å²) < 4.78 is 7.49. The van der Waals surface area contributed by atoms with Crippen LogP contribution < -0.4 is 10.5 Å². The van der Waals surface area contributed by atoms with Gasteiger partial charge in [0.1, 0.15) is 0 Å². The summed E-state index contributed by atoms with van der Waals surface area (Å²) >= 11 is 11.4. The van der Waals surface area contributed by atoms with Crippen molar-refractivity contribution in [2.45, 2.75) is 13.0 Å². The van der Waals surface area contributed by atoms with Gasteiger partial charge in [0, 0.05) is 30.3 Å². The summed E-state index contributed by atoms with van der Waals surface area (Å²) in [6.45, 7) is 3.60. The number of fused-ring (bicyclic) bond motifs is 1. The molecule has 5 nitrogen and oxygen atoms in total. The maximum absolute atomic E-state index is 13.1. The fraction of sp³-hybridized carbons (Fsp3) is 0.300. The number of anilines is 1. The maximum atomic E-state index is 13.1. The van der Waals surface area contributed by atoms with Crippen molar-refractivity contribution in [1.29, 1.82) is 0 Å². The van der Waals surface area contributed by atoms with Gasteiger partial charge < -0.3 is 14.6 Å². The Morgan fingerprint density at radius 1 is 1.11 bits per heavy atom. The van der Waals surface area contributed by atoms with Crippen LogP contribution in [0.1, 0.15) is 5.56 Å². The van der Waals surface area contributed by atoms with Gasteiger partial charge in [0.25, 0.3) is 5.56 Å². The molecule has 1 aromatic heterocycles. The van der Waals surface area contributed by atoms with Crippen molar-refractivity contribution in [1.82, 2.24) is 9.55 Å². The Labute approximate surface area is 167 Å². The molecular formula is C20H20ClN3O2S. The van der Waals surface area contributed by atoms with Gasteiger partial charge in [0.2, 0.25) is 0 Å². The van der Waals surface area contributed by atoms with Gasteiger partial charge in [-0.2, -0.15) is 0 Å². The minimum absolute atomic E-state index is 0.0576. The second-order valence-electron chi connectivity index (χ2n) is 6.59. The number of aryl methyl sites for hydroxylation is 1. The Kier molecular flexibility index (Phi) is 5.29. The third kappa shape index (κ3) is 3.93. The molecule has 0 bridgehead atoms. The van der Waals surface area contributed by atoms with Gasteiger partial charge in [0.15, 0.2) is 4.77 Å². The van der Waals surface area contributed by atoms with Crippen LogP contribution in [0.4, 0.5) is 5.69 Å². The largest absolute Gasteiger partial charge is 0.378 e. The van der Waals surface area contributed by atoms with Crippen molar-refractivity contribution in [2.75, 3.05) is 31.2 Å². The van der Waals surface area contributed by atoms with E-state index in [1.54, 1.807) is 4.57 Å². The van der Waals surface area contributed by atoms with Crippen LogP contribution in [0.2, 0.25) is 5.02 Å². The van der Waals surface area contributed by atoms with E-state index in [0.717, 1.165) is 29.9 Å². The van der Waals surface area contributed by atoms with Crippen LogP contribution >= 0.6 is 23.8 Å². The third-order valence-corrected chi connectivity index (χ3v) is 5.45. The van der Waals surface area contributed by atoms with Crippen molar-refractivity contribution < 1.29 is 4.74 Å². The molecule has 1 saturated heterocycles. The monoisotopic (exact) mass is 401 g/mol. The number of nitrogens with zero attached hydrogens (tertiary/aromatic N) is 2. The zero-order valence-electron chi connectivity index (χ0n) is 14.8. The Morgan fingerprint density at radius 2 is 1.85 bits per heavy atom. The lowest BCUT2D eigenvalue weighted by atomic mass is 10.1. The van der Waals surface area contributed by atoms with Gasteiger partial charge in [-0.05, 0) is 54.5 Å². The number of morpholine rings is 1. The molecule has 1 N–H and O–H groups in total. The summed E-state index contributed by atoms with van der Waals surface area (Å²) in [4.78, 5) is 18.5. The Hall–Kier alpha value is -2.15. The van der Waals surface area contributed by atoms with Crippen molar-refractivity contribution in [3.05, 3.63) is 68.2 Å².